The normalized spacial score (nSPS) is 11.3. The molecule has 0 aromatic heterocycles. The minimum absolute atomic E-state index is 0.0189. The van der Waals surface area contributed by atoms with E-state index in [9.17, 15) is 17.6 Å². The lowest BCUT2D eigenvalue weighted by Gasteiger charge is -2.22. The van der Waals surface area contributed by atoms with Crippen LogP contribution < -0.4 is 5.73 Å². The van der Waals surface area contributed by atoms with Gasteiger partial charge in [0.15, 0.2) is 0 Å². The molecule has 0 fully saturated rings. The zero-order chi connectivity index (χ0) is 15.2. The van der Waals surface area contributed by atoms with E-state index in [0.717, 1.165) is 0 Å². The van der Waals surface area contributed by atoms with Gasteiger partial charge in [-0.3, -0.25) is 4.90 Å². The quantitative estimate of drug-likeness (QED) is 0.681. The van der Waals surface area contributed by atoms with Gasteiger partial charge in [0.25, 0.3) is 0 Å². The Morgan fingerprint density at radius 2 is 1.95 bits per heavy atom. The number of rotatable bonds is 4. The zero-order valence-corrected chi connectivity index (χ0v) is 11.1. The molecule has 0 aliphatic heterocycles. The summed E-state index contributed by atoms with van der Waals surface area (Å²) in [5, 5.41) is 0. The van der Waals surface area contributed by atoms with E-state index in [4.69, 9.17) is 5.73 Å². The van der Waals surface area contributed by atoms with Gasteiger partial charge in [0.1, 0.15) is 5.82 Å². The largest absolute Gasteiger partial charge is 0.401 e. The number of benzene rings is 1. The van der Waals surface area contributed by atoms with Crippen LogP contribution in [0.2, 0.25) is 0 Å². The average Bonchev–Trinajstić information content (AvgIpc) is 2.33. The fourth-order valence-electron chi connectivity index (χ4n) is 1.76. The molecule has 20 heavy (non-hydrogen) atoms. The van der Waals surface area contributed by atoms with Crippen molar-refractivity contribution in [2.75, 3.05) is 19.6 Å². The van der Waals surface area contributed by atoms with Crippen molar-refractivity contribution >= 4 is 0 Å². The number of hydrogen-bond acceptors (Lipinski definition) is 2. The second-order valence-corrected chi connectivity index (χ2v) is 4.27. The molecule has 2 N–H and O–H groups in total. The molecule has 0 aliphatic carbocycles. The van der Waals surface area contributed by atoms with Gasteiger partial charge in [0.05, 0.1) is 13.1 Å². The van der Waals surface area contributed by atoms with E-state index in [1.54, 1.807) is 13.0 Å². The molecule has 0 saturated heterocycles. The van der Waals surface area contributed by atoms with Gasteiger partial charge in [-0.1, -0.05) is 18.8 Å². The summed E-state index contributed by atoms with van der Waals surface area (Å²) in [5.74, 6) is 4.73. The fourth-order valence-corrected chi connectivity index (χ4v) is 1.76. The van der Waals surface area contributed by atoms with E-state index in [2.05, 4.69) is 11.8 Å². The van der Waals surface area contributed by atoms with Crippen molar-refractivity contribution in [3.8, 4) is 11.8 Å². The first kappa shape index (κ1) is 16.5. The van der Waals surface area contributed by atoms with E-state index in [1.807, 2.05) is 0 Å². The van der Waals surface area contributed by atoms with Gasteiger partial charge in [0.2, 0.25) is 0 Å². The van der Waals surface area contributed by atoms with Crippen LogP contribution >= 0.6 is 0 Å². The van der Waals surface area contributed by atoms with Gasteiger partial charge >= 0.3 is 6.18 Å². The number of nitrogens with two attached hydrogens (primary N) is 1. The van der Waals surface area contributed by atoms with Crippen molar-refractivity contribution in [3.05, 3.63) is 35.1 Å². The van der Waals surface area contributed by atoms with E-state index in [0.29, 0.717) is 11.1 Å². The molecular weight excluding hydrogens is 272 g/mol. The topological polar surface area (TPSA) is 29.3 Å². The third kappa shape index (κ3) is 6.04. The highest BCUT2D eigenvalue weighted by Crippen LogP contribution is 2.18. The van der Waals surface area contributed by atoms with E-state index < -0.39 is 18.5 Å². The molecule has 2 nitrogen and oxygen atoms in total. The maximum absolute atomic E-state index is 13.4. The highest BCUT2D eigenvalue weighted by Gasteiger charge is 2.30. The Balaban J connectivity index is 2.87. The van der Waals surface area contributed by atoms with Gasteiger partial charge in [0, 0.05) is 12.1 Å². The third-order valence-corrected chi connectivity index (χ3v) is 2.55. The van der Waals surface area contributed by atoms with Crippen LogP contribution in [0.25, 0.3) is 0 Å². The fraction of sp³-hybridized carbons (Fsp3) is 0.429. The number of alkyl halides is 3. The van der Waals surface area contributed by atoms with Gasteiger partial charge < -0.3 is 5.73 Å². The molecule has 0 radical (unpaired) electrons. The van der Waals surface area contributed by atoms with Crippen LogP contribution in [0.1, 0.15) is 18.1 Å². The summed E-state index contributed by atoms with van der Waals surface area (Å²) >= 11 is 0. The van der Waals surface area contributed by atoms with E-state index in [-0.39, 0.29) is 19.6 Å². The molecule has 0 amide bonds. The molecule has 1 aromatic carbocycles. The van der Waals surface area contributed by atoms with Crippen molar-refractivity contribution in [1.29, 1.82) is 0 Å². The summed E-state index contributed by atoms with van der Waals surface area (Å²) in [5.41, 5.74) is 6.09. The highest BCUT2D eigenvalue weighted by atomic mass is 19.4. The van der Waals surface area contributed by atoms with E-state index in [1.165, 1.54) is 17.0 Å². The first-order valence-corrected chi connectivity index (χ1v) is 6.11. The number of nitrogens with zero attached hydrogens (tertiary/aromatic N) is 1. The molecule has 0 atom stereocenters. The van der Waals surface area contributed by atoms with Gasteiger partial charge in [-0.2, -0.15) is 13.2 Å². The van der Waals surface area contributed by atoms with E-state index >= 15 is 0 Å². The summed E-state index contributed by atoms with van der Waals surface area (Å²) in [6, 6.07) is 4.02. The summed E-state index contributed by atoms with van der Waals surface area (Å²) in [4.78, 5) is 1.19. The Morgan fingerprint density at radius 3 is 2.50 bits per heavy atom. The Morgan fingerprint density at radius 1 is 1.25 bits per heavy atom. The van der Waals surface area contributed by atoms with Gasteiger partial charge in [-0.05, 0) is 30.3 Å². The van der Waals surface area contributed by atoms with Crippen molar-refractivity contribution in [3.63, 3.8) is 0 Å². The molecule has 0 spiro atoms. The molecule has 0 aliphatic rings. The molecule has 0 saturated carbocycles. The molecule has 0 heterocycles. The van der Waals surface area contributed by atoms with Gasteiger partial charge in [-0.25, -0.2) is 4.39 Å². The minimum atomic E-state index is -4.27. The molecule has 0 bridgehead atoms. The highest BCUT2D eigenvalue weighted by molar-refractivity contribution is 5.38. The lowest BCUT2D eigenvalue weighted by Crippen LogP contribution is -2.33. The lowest BCUT2D eigenvalue weighted by molar-refractivity contribution is -0.146. The Hall–Kier alpha value is -1.58. The lowest BCUT2D eigenvalue weighted by atomic mass is 10.1. The summed E-state index contributed by atoms with van der Waals surface area (Å²) in [6.45, 7) is 0.982. The summed E-state index contributed by atoms with van der Waals surface area (Å²) < 4.78 is 50.5. The molecule has 110 valence electrons. The Labute approximate surface area is 115 Å². The molecule has 6 heteroatoms. The molecule has 1 aromatic rings. The SMILES string of the molecule is CCN(Cc1cc(F)cc(C#CCN)c1)CC(F)(F)F. The summed E-state index contributed by atoms with van der Waals surface area (Å²) in [7, 11) is 0. The average molecular weight is 288 g/mol. The number of halogens is 4. The maximum atomic E-state index is 13.4. The predicted molar refractivity (Wildman–Crippen MR) is 69.3 cm³/mol. The standard InChI is InChI=1S/C14H16F4N2/c1-2-20(10-14(16,17)18)9-12-6-11(4-3-5-19)7-13(15)8-12/h6-8H,2,5,9-10,19H2,1H3. The van der Waals surface area contributed by atoms with Crippen LogP contribution in [0.15, 0.2) is 18.2 Å². The van der Waals surface area contributed by atoms with Crippen molar-refractivity contribution in [2.24, 2.45) is 5.73 Å². The smallest absolute Gasteiger partial charge is 0.320 e. The van der Waals surface area contributed by atoms with Crippen LogP contribution in [-0.4, -0.2) is 30.7 Å². The zero-order valence-electron chi connectivity index (χ0n) is 11.1. The van der Waals surface area contributed by atoms with Crippen molar-refractivity contribution in [1.82, 2.24) is 4.90 Å². The second-order valence-electron chi connectivity index (χ2n) is 4.27. The van der Waals surface area contributed by atoms with Crippen LogP contribution in [-0.2, 0) is 6.54 Å². The molecule has 1 rings (SSSR count). The minimum Gasteiger partial charge on any atom is -0.320 e. The first-order valence-electron chi connectivity index (χ1n) is 6.11. The van der Waals surface area contributed by atoms with Crippen LogP contribution in [0.4, 0.5) is 17.6 Å². The Kier molecular flexibility index (Phi) is 5.99. The third-order valence-electron chi connectivity index (χ3n) is 2.55. The van der Waals surface area contributed by atoms with Crippen molar-refractivity contribution in [2.45, 2.75) is 19.6 Å². The number of hydrogen-bond donors (Lipinski definition) is 1. The van der Waals surface area contributed by atoms with Crippen molar-refractivity contribution < 1.29 is 17.6 Å². The second kappa shape index (κ2) is 7.27. The monoisotopic (exact) mass is 288 g/mol. The maximum Gasteiger partial charge on any atom is 0.401 e. The molecular formula is C14H16F4N2. The predicted octanol–water partition coefficient (Wildman–Crippen LogP) is 2.52. The van der Waals surface area contributed by atoms with Gasteiger partial charge in [-0.15, -0.1) is 0 Å². The molecule has 0 unspecified atom stereocenters. The van der Waals surface area contributed by atoms with Crippen LogP contribution in [0, 0.1) is 17.7 Å². The van der Waals surface area contributed by atoms with Crippen LogP contribution in [0.3, 0.4) is 0 Å². The van der Waals surface area contributed by atoms with Crippen LogP contribution in [0.5, 0.6) is 0 Å². The summed E-state index contributed by atoms with van der Waals surface area (Å²) in [6.07, 6.45) is -4.27. The first-order chi connectivity index (χ1) is 9.34. The Bertz CT molecular complexity index is 500.